The smallest absolute Gasteiger partial charge is 0.264 e. The molecule has 10 heteroatoms. The molecule has 0 saturated carbocycles. The molecule has 0 spiro atoms. The van der Waals surface area contributed by atoms with Crippen molar-refractivity contribution in [3.05, 3.63) is 36.3 Å². The summed E-state index contributed by atoms with van der Waals surface area (Å²) in [5.74, 6) is -0.667. The zero-order valence-electron chi connectivity index (χ0n) is 12.6. The summed E-state index contributed by atoms with van der Waals surface area (Å²) in [7, 11) is -1.35. The Morgan fingerprint density at radius 3 is 2.42 bits per heavy atom. The number of fused-ring (bicyclic) bond motifs is 1. The topological polar surface area (TPSA) is 104 Å². The van der Waals surface area contributed by atoms with Crippen LogP contribution in [0.2, 0.25) is 0 Å². The molecular weight excluding hydrogens is 341 g/mol. The van der Waals surface area contributed by atoms with E-state index in [4.69, 9.17) is 13.9 Å². The van der Waals surface area contributed by atoms with Crippen molar-refractivity contribution in [2.75, 3.05) is 18.9 Å². The van der Waals surface area contributed by atoms with Gasteiger partial charge in [-0.25, -0.2) is 17.5 Å². The Morgan fingerprint density at radius 1 is 1.12 bits per heavy atom. The number of nitrogens with one attached hydrogen (secondary N) is 1. The molecule has 0 fully saturated rings. The second-order valence-corrected chi connectivity index (χ2v) is 6.24. The van der Waals surface area contributed by atoms with Crippen molar-refractivity contribution in [3.63, 3.8) is 0 Å². The number of halogens is 1. The minimum absolute atomic E-state index is 0.109. The Balaban J connectivity index is 2.05. The predicted molar refractivity (Wildman–Crippen MR) is 82.1 cm³/mol. The van der Waals surface area contributed by atoms with E-state index in [-0.39, 0.29) is 33.6 Å². The van der Waals surface area contributed by atoms with E-state index in [0.717, 1.165) is 12.1 Å². The van der Waals surface area contributed by atoms with Crippen LogP contribution in [-0.4, -0.2) is 32.6 Å². The summed E-state index contributed by atoms with van der Waals surface area (Å²) < 4.78 is 55.9. The van der Waals surface area contributed by atoms with Crippen LogP contribution in [0, 0.1) is 5.82 Å². The molecule has 0 amide bonds. The summed E-state index contributed by atoms with van der Waals surface area (Å²) in [6.07, 6.45) is 1.21. The monoisotopic (exact) mass is 353 g/mol. The second-order valence-electron chi connectivity index (χ2n) is 4.59. The third-order valence-electron chi connectivity index (χ3n) is 3.14. The number of aromatic nitrogens is 2. The van der Waals surface area contributed by atoms with E-state index in [9.17, 15) is 12.8 Å². The van der Waals surface area contributed by atoms with Crippen molar-refractivity contribution in [2.24, 2.45) is 0 Å². The summed E-state index contributed by atoms with van der Waals surface area (Å²) in [6.45, 7) is 0. The van der Waals surface area contributed by atoms with E-state index in [1.165, 1.54) is 32.6 Å². The molecule has 3 rings (SSSR count). The number of sulfonamides is 1. The zero-order chi connectivity index (χ0) is 17.3. The van der Waals surface area contributed by atoms with Gasteiger partial charge in [0.25, 0.3) is 10.0 Å². The van der Waals surface area contributed by atoms with Gasteiger partial charge >= 0.3 is 0 Å². The quantitative estimate of drug-likeness (QED) is 0.750. The number of ether oxygens (including phenoxy) is 2. The van der Waals surface area contributed by atoms with Gasteiger partial charge in [-0.2, -0.15) is 9.97 Å². The van der Waals surface area contributed by atoms with Crippen molar-refractivity contribution in [2.45, 2.75) is 4.90 Å². The summed E-state index contributed by atoms with van der Waals surface area (Å²) in [4.78, 5) is 7.62. The first kappa shape index (κ1) is 16.0. The molecule has 24 heavy (non-hydrogen) atoms. The Bertz CT molecular complexity index is 981. The highest BCUT2D eigenvalue weighted by Gasteiger charge is 2.22. The molecule has 2 heterocycles. The molecule has 2 aromatic heterocycles. The number of furan rings is 1. The highest BCUT2D eigenvalue weighted by atomic mass is 32.2. The predicted octanol–water partition coefficient (Wildman–Crippen LogP) is 2.18. The fourth-order valence-electron chi connectivity index (χ4n) is 2.07. The highest BCUT2D eigenvalue weighted by molar-refractivity contribution is 7.93. The molecule has 0 aliphatic rings. The standard InChI is InChI=1S/C14H12FN3O5S/c1-21-11-7-12(22-2)17-14(16-11)18-24(19,20)10-4-3-9(15)13-8(10)5-6-23-13/h3-7H,1-2H3,(H,16,17,18). The molecule has 1 aromatic carbocycles. The summed E-state index contributed by atoms with van der Waals surface area (Å²) >= 11 is 0. The number of benzene rings is 1. The van der Waals surface area contributed by atoms with Gasteiger partial charge in [0, 0.05) is 5.39 Å². The molecule has 0 aliphatic carbocycles. The van der Waals surface area contributed by atoms with E-state index in [1.807, 2.05) is 0 Å². The maximum atomic E-state index is 13.6. The summed E-state index contributed by atoms with van der Waals surface area (Å²) in [6, 6.07) is 4.89. The molecule has 0 bridgehead atoms. The van der Waals surface area contributed by atoms with Gasteiger partial charge in [0.2, 0.25) is 17.7 Å². The van der Waals surface area contributed by atoms with E-state index >= 15 is 0 Å². The lowest BCUT2D eigenvalue weighted by atomic mass is 10.2. The first-order valence-electron chi connectivity index (χ1n) is 6.60. The van der Waals surface area contributed by atoms with Gasteiger partial charge in [0.05, 0.1) is 31.4 Å². The molecule has 126 valence electrons. The van der Waals surface area contributed by atoms with Crippen molar-refractivity contribution < 1.29 is 26.7 Å². The molecule has 1 N–H and O–H groups in total. The van der Waals surface area contributed by atoms with Crippen LogP contribution < -0.4 is 14.2 Å². The van der Waals surface area contributed by atoms with E-state index in [2.05, 4.69) is 14.7 Å². The van der Waals surface area contributed by atoms with Crippen LogP contribution in [0.3, 0.4) is 0 Å². The summed E-state index contributed by atoms with van der Waals surface area (Å²) in [5, 5.41) is 0.109. The van der Waals surface area contributed by atoms with Crippen LogP contribution >= 0.6 is 0 Å². The normalized spacial score (nSPS) is 11.5. The number of rotatable bonds is 5. The molecule has 8 nitrogen and oxygen atoms in total. The van der Waals surface area contributed by atoms with E-state index in [1.54, 1.807) is 0 Å². The molecule has 3 aromatic rings. The lowest BCUT2D eigenvalue weighted by Gasteiger charge is -2.10. The zero-order valence-corrected chi connectivity index (χ0v) is 13.4. The number of hydrogen-bond donors (Lipinski definition) is 1. The maximum absolute atomic E-state index is 13.6. The second kappa shape index (κ2) is 5.96. The first-order chi connectivity index (χ1) is 11.4. The number of nitrogens with zero attached hydrogens (tertiary/aromatic N) is 2. The van der Waals surface area contributed by atoms with Gasteiger partial charge in [-0.3, -0.25) is 0 Å². The first-order valence-corrected chi connectivity index (χ1v) is 8.08. The Labute approximate surface area is 136 Å². The Morgan fingerprint density at radius 2 is 1.79 bits per heavy atom. The number of hydrogen-bond acceptors (Lipinski definition) is 7. The van der Waals surface area contributed by atoms with Crippen molar-refractivity contribution >= 4 is 26.9 Å². The van der Waals surface area contributed by atoms with Gasteiger partial charge in [-0.05, 0) is 18.2 Å². The molecule has 0 unspecified atom stereocenters. The van der Waals surface area contributed by atoms with Crippen LogP contribution in [0.15, 0.2) is 39.8 Å². The van der Waals surface area contributed by atoms with Gasteiger partial charge in [0.1, 0.15) is 0 Å². The van der Waals surface area contributed by atoms with Crippen LogP contribution in [0.1, 0.15) is 0 Å². The Hall–Kier alpha value is -2.88. The fraction of sp³-hybridized carbons (Fsp3) is 0.143. The van der Waals surface area contributed by atoms with Crippen molar-refractivity contribution in [3.8, 4) is 11.8 Å². The third kappa shape index (κ3) is 2.83. The largest absolute Gasteiger partial charge is 0.481 e. The molecule has 0 aliphatic heterocycles. The fourth-order valence-corrected chi connectivity index (χ4v) is 3.21. The molecular formula is C14H12FN3O5S. The van der Waals surface area contributed by atoms with Gasteiger partial charge in [-0.1, -0.05) is 0 Å². The highest BCUT2D eigenvalue weighted by Crippen LogP contribution is 2.28. The van der Waals surface area contributed by atoms with E-state index < -0.39 is 15.8 Å². The molecule has 0 saturated heterocycles. The van der Waals surface area contributed by atoms with Crippen LogP contribution in [0.5, 0.6) is 11.8 Å². The SMILES string of the molecule is COc1cc(OC)nc(NS(=O)(=O)c2ccc(F)c3occc23)n1. The maximum Gasteiger partial charge on any atom is 0.264 e. The lowest BCUT2D eigenvalue weighted by molar-refractivity contribution is 0.373. The summed E-state index contributed by atoms with van der Waals surface area (Å²) in [5.41, 5.74) is -0.151. The average Bonchev–Trinajstić information content (AvgIpc) is 3.04. The van der Waals surface area contributed by atoms with Gasteiger partial charge in [-0.15, -0.1) is 0 Å². The average molecular weight is 353 g/mol. The van der Waals surface area contributed by atoms with E-state index in [0.29, 0.717) is 0 Å². The van der Waals surface area contributed by atoms with Crippen LogP contribution in [0.4, 0.5) is 10.3 Å². The van der Waals surface area contributed by atoms with Crippen molar-refractivity contribution in [1.29, 1.82) is 0 Å². The van der Waals surface area contributed by atoms with Gasteiger partial charge < -0.3 is 13.9 Å². The molecule has 0 atom stereocenters. The Kier molecular flexibility index (Phi) is 3.97. The number of anilines is 1. The minimum Gasteiger partial charge on any atom is -0.481 e. The van der Waals surface area contributed by atoms with Crippen LogP contribution in [-0.2, 0) is 10.0 Å². The number of methoxy groups -OCH3 is 2. The lowest BCUT2D eigenvalue weighted by Crippen LogP contribution is -2.16. The van der Waals surface area contributed by atoms with Crippen LogP contribution in [0.25, 0.3) is 11.0 Å². The van der Waals surface area contributed by atoms with Gasteiger partial charge in [0.15, 0.2) is 11.4 Å². The third-order valence-corrected chi connectivity index (χ3v) is 4.53. The molecule has 0 radical (unpaired) electrons. The minimum atomic E-state index is -4.09. The van der Waals surface area contributed by atoms with Crippen molar-refractivity contribution in [1.82, 2.24) is 9.97 Å².